The zero-order valence-corrected chi connectivity index (χ0v) is 12.4. The van der Waals surface area contributed by atoms with Crippen LogP contribution in [0.1, 0.15) is 15.9 Å². The van der Waals surface area contributed by atoms with Crippen molar-refractivity contribution in [2.75, 3.05) is 10.2 Å². The van der Waals surface area contributed by atoms with Crippen LogP contribution in [0.4, 0.5) is 17.2 Å². The normalized spacial score (nSPS) is 12.9. The first-order valence-electron chi connectivity index (χ1n) is 7.50. The third kappa shape index (κ3) is 2.44. The summed E-state index contributed by atoms with van der Waals surface area (Å²) >= 11 is 0. The number of nitrogens with zero attached hydrogens (tertiary/aromatic N) is 2. The van der Waals surface area contributed by atoms with E-state index in [9.17, 15) is 4.79 Å². The third-order valence-corrected chi connectivity index (χ3v) is 3.92. The van der Waals surface area contributed by atoms with Gasteiger partial charge in [0.2, 0.25) is 0 Å². The quantitative estimate of drug-likeness (QED) is 0.778. The molecular formula is C19H15N3O. The molecule has 0 bridgehead atoms. The number of benzene rings is 2. The fourth-order valence-corrected chi connectivity index (χ4v) is 2.79. The summed E-state index contributed by atoms with van der Waals surface area (Å²) < 4.78 is 0. The summed E-state index contributed by atoms with van der Waals surface area (Å²) in [6.45, 7) is 0.508. The summed E-state index contributed by atoms with van der Waals surface area (Å²) in [5, 5.41) is 3.28. The summed E-state index contributed by atoms with van der Waals surface area (Å²) in [5.41, 5.74) is 3.31. The Morgan fingerprint density at radius 1 is 0.913 bits per heavy atom. The van der Waals surface area contributed by atoms with Crippen molar-refractivity contribution in [1.82, 2.24) is 4.98 Å². The maximum Gasteiger partial charge on any atom is 0.260 e. The second kappa shape index (κ2) is 5.57. The van der Waals surface area contributed by atoms with Gasteiger partial charge in [0.25, 0.3) is 5.91 Å². The van der Waals surface area contributed by atoms with Crippen LogP contribution < -0.4 is 10.2 Å². The molecule has 0 unspecified atom stereocenters. The number of aromatic nitrogens is 1. The van der Waals surface area contributed by atoms with E-state index in [1.54, 1.807) is 11.1 Å². The lowest BCUT2D eigenvalue weighted by Gasteiger charge is -2.22. The van der Waals surface area contributed by atoms with Crippen LogP contribution in [0.25, 0.3) is 0 Å². The van der Waals surface area contributed by atoms with E-state index in [1.165, 1.54) is 0 Å². The number of hydrogen-bond acceptors (Lipinski definition) is 3. The van der Waals surface area contributed by atoms with Gasteiger partial charge >= 0.3 is 0 Å². The molecule has 23 heavy (non-hydrogen) atoms. The molecule has 1 aromatic heterocycles. The number of nitrogens with one attached hydrogen (secondary N) is 1. The topological polar surface area (TPSA) is 45.2 Å². The molecule has 1 aliphatic rings. The molecule has 1 N–H and O–H groups in total. The Balaban J connectivity index is 1.84. The van der Waals surface area contributed by atoms with Gasteiger partial charge in [-0.15, -0.1) is 0 Å². The van der Waals surface area contributed by atoms with Crippen LogP contribution in [0.15, 0.2) is 72.9 Å². The number of anilines is 3. The highest BCUT2D eigenvalue weighted by Gasteiger charge is 2.26. The molecule has 0 aliphatic carbocycles. The Labute approximate surface area is 134 Å². The molecule has 0 atom stereocenters. The molecule has 1 amide bonds. The number of fused-ring (bicyclic) bond motifs is 2. The Morgan fingerprint density at radius 2 is 1.70 bits per heavy atom. The Morgan fingerprint density at radius 3 is 2.57 bits per heavy atom. The summed E-state index contributed by atoms with van der Waals surface area (Å²) in [4.78, 5) is 19.2. The van der Waals surface area contributed by atoms with Gasteiger partial charge in [-0.3, -0.25) is 4.79 Å². The van der Waals surface area contributed by atoms with Gasteiger partial charge in [-0.25, -0.2) is 4.98 Å². The van der Waals surface area contributed by atoms with Crippen molar-refractivity contribution in [3.63, 3.8) is 0 Å². The first-order chi connectivity index (χ1) is 11.3. The molecule has 4 rings (SSSR count). The molecule has 0 saturated heterocycles. The molecule has 0 fully saturated rings. The van der Waals surface area contributed by atoms with Gasteiger partial charge in [-0.05, 0) is 29.8 Å². The zero-order chi connectivity index (χ0) is 15.6. The molecule has 4 nitrogen and oxygen atoms in total. The molecule has 0 radical (unpaired) electrons. The van der Waals surface area contributed by atoms with Crippen LogP contribution >= 0.6 is 0 Å². The van der Waals surface area contributed by atoms with Crippen molar-refractivity contribution >= 4 is 23.1 Å². The van der Waals surface area contributed by atoms with Gasteiger partial charge in [0, 0.05) is 6.20 Å². The average molecular weight is 301 g/mol. The van der Waals surface area contributed by atoms with Crippen molar-refractivity contribution in [2.45, 2.75) is 6.54 Å². The Bertz CT molecular complexity index is 861. The van der Waals surface area contributed by atoms with Crippen LogP contribution in [0.2, 0.25) is 0 Å². The standard InChI is InChI=1S/C19H15N3O/c23-19-15-9-4-5-10-16(15)21-18-17(11-6-12-20-18)22(19)13-14-7-2-1-3-8-14/h1-12H,13H2,(H,20,21). The molecule has 3 aromatic rings. The largest absolute Gasteiger partial charge is 0.338 e. The van der Waals surface area contributed by atoms with Gasteiger partial charge in [-0.2, -0.15) is 0 Å². The number of hydrogen-bond donors (Lipinski definition) is 1. The number of amides is 1. The van der Waals surface area contributed by atoms with Crippen molar-refractivity contribution in [3.8, 4) is 0 Å². The molecule has 1 aliphatic heterocycles. The minimum atomic E-state index is -0.0243. The first kappa shape index (κ1) is 13.5. The highest BCUT2D eigenvalue weighted by Crippen LogP contribution is 2.34. The Hall–Kier alpha value is -3.14. The molecule has 112 valence electrons. The van der Waals surface area contributed by atoms with Crippen molar-refractivity contribution < 1.29 is 4.79 Å². The number of carbonyl (C=O) groups excluding carboxylic acids is 1. The summed E-state index contributed by atoms with van der Waals surface area (Å²) in [6.07, 6.45) is 1.73. The van der Waals surface area contributed by atoms with E-state index in [0.29, 0.717) is 17.9 Å². The summed E-state index contributed by atoms with van der Waals surface area (Å²) in [5.74, 6) is 0.672. The van der Waals surface area contributed by atoms with E-state index < -0.39 is 0 Å². The van der Waals surface area contributed by atoms with Crippen LogP contribution in [0.3, 0.4) is 0 Å². The van der Waals surface area contributed by atoms with Crippen LogP contribution in [-0.4, -0.2) is 10.9 Å². The highest BCUT2D eigenvalue weighted by molar-refractivity contribution is 6.13. The maximum absolute atomic E-state index is 13.1. The van der Waals surface area contributed by atoms with E-state index >= 15 is 0 Å². The van der Waals surface area contributed by atoms with E-state index in [0.717, 1.165) is 16.9 Å². The SMILES string of the molecule is O=C1c2ccccc2Nc2ncccc2N1Cc1ccccc1. The second-order valence-electron chi connectivity index (χ2n) is 5.42. The van der Waals surface area contributed by atoms with E-state index in [4.69, 9.17) is 0 Å². The van der Waals surface area contributed by atoms with E-state index in [1.807, 2.05) is 66.7 Å². The Kier molecular flexibility index (Phi) is 3.27. The van der Waals surface area contributed by atoms with Crippen LogP contribution in [-0.2, 0) is 6.54 Å². The monoisotopic (exact) mass is 301 g/mol. The van der Waals surface area contributed by atoms with Gasteiger partial charge in [0.05, 0.1) is 23.5 Å². The van der Waals surface area contributed by atoms with Crippen LogP contribution in [0, 0.1) is 0 Å². The van der Waals surface area contributed by atoms with Gasteiger partial charge in [0.15, 0.2) is 5.82 Å². The minimum Gasteiger partial charge on any atom is -0.338 e. The van der Waals surface area contributed by atoms with E-state index in [2.05, 4.69) is 10.3 Å². The van der Waals surface area contributed by atoms with Gasteiger partial charge < -0.3 is 10.2 Å². The minimum absolute atomic E-state index is 0.0243. The molecule has 0 saturated carbocycles. The van der Waals surface area contributed by atoms with Crippen molar-refractivity contribution in [2.24, 2.45) is 0 Å². The lowest BCUT2D eigenvalue weighted by molar-refractivity contribution is 0.0986. The fourth-order valence-electron chi connectivity index (χ4n) is 2.79. The lowest BCUT2D eigenvalue weighted by Crippen LogP contribution is -2.29. The molecule has 4 heteroatoms. The zero-order valence-electron chi connectivity index (χ0n) is 12.4. The molecular weight excluding hydrogens is 286 g/mol. The summed E-state index contributed by atoms with van der Waals surface area (Å²) in [7, 11) is 0. The maximum atomic E-state index is 13.1. The van der Waals surface area contributed by atoms with Crippen LogP contribution in [0.5, 0.6) is 0 Å². The van der Waals surface area contributed by atoms with Gasteiger partial charge in [-0.1, -0.05) is 42.5 Å². The predicted octanol–water partition coefficient (Wildman–Crippen LogP) is 3.99. The summed E-state index contributed by atoms with van der Waals surface area (Å²) in [6, 6.07) is 21.3. The van der Waals surface area contributed by atoms with Crippen molar-refractivity contribution in [1.29, 1.82) is 0 Å². The highest BCUT2D eigenvalue weighted by atomic mass is 16.2. The number of pyridine rings is 1. The van der Waals surface area contributed by atoms with Crippen molar-refractivity contribution in [3.05, 3.63) is 84.1 Å². The molecule has 0 spiro atoms. The fraction of sp³-hybridized carbons (Fsp3) is 0.0526. The number of rotatable bonds is 2. The van der Waals surface area contributed by atoms with E-state index in [-0.39, 0.29) is 5.91 Å². The molecule has 2 heterocycles. The lowest BCUT2D eigenvalue weighted by atomic mass is 10.1. The predicted molar refractivity (Wildman–Crippen MR) is 90.9 cm³/mol. The number of para-hydroxylation sites is 1. The molecule has 2 aromatic carbocycles. The number of carbonyl (C=O) groups is 1. The third-order valence-electron chi connectivity index (χ3n) is 3.92. The average Bonchev–Trinajstić information content (AvgIpc) is 2.72. The first-order valence-corrected chi connectivity index (χ1v) is 7.50. The smallest absolute Gasteiger partial charge is 0.260 e. The van der Waals surface area contributed by atoms with Gasteiger partial charge in [0.1, 0.15) is 0 Å². The second-order valence-corrected chi connectivity index (χ2v) is 5.42.